The Labute approximate surface area is 147 Å². The largest absolute Gasteiger partial charge is 0.452 e. The predicted octanol–water partition coefficient (Wildman–Crippen LogP) is 4.35. The van der Waals surface area contributed by atoms with Crippen molar-refractivity contribution in [2.75, 3.05) is 0 Å². The maximum absolute atomic E-state index is 13.0. The average Bonchev–Trinajstić information content (AvgIpc) is 3.00. The molecule has 128 valence electrons. The number of aromatic nitrogens is 2. The van der Waals surface area contributed by atoms with E-state index in [4.69, 9.17) is 9.15 Å². The summed E-state index contributed by atoms with van der Waals surface area (Å²) >= 11 is 1.50. The molecule has 4 rings (SSSR count). The molecule has 0 saturated heterocycles. The van der Waals surface area contributed by atoms with Crippen LogP contribution in [0.2, 0.25) is 0 Å². The molecule has 7 heteroatoms. The van der Waals surface area contributed by atoms with Crippen LogP contribution in [0.3, 0.4) is 0 Å². The molecule has 0 N–H and O–H groups in total. The van der Waals surface area contributed by atoms with Crippen molar-refractivity contribution in [2.24, 2.45) is 5.92 Å². The normalized spacial score (nSPS) is 20.2. The van der Waals surface area contributed by atoms with Crippen molar-refractivity contribution in [1.29, 1.82) is 0 Å². The summed E-state index contributed by atoms with van der Waals surface area (Å²) in [5.74, 6) is 0.00397. The molecule has 1 saturated carbocycles. The van der Waals surface area contributed by atoms with Crippen LogP contribution in [0.1, 0.15) is 36.8 Å². The third-order valence-corrected chi connectivity index (χ3v) is 5.06. The van der Waals surface area contributed by atoms with Crippen molar-refractivity contribution >= 4 is 17.3 Å². The smallest absolute Gasteiger partial charge is 0.310 e. The second-order valence-electron chi connectivity index (χ2n) is 6.00. The van der Waals surface area contributed by atoms with Crippen LogP contribution < -0.4 is 0 Å². The number of esters is 1. The van der Waals surface area contributed by atoms with E-state index >= 15 is 0 Å². The van der Waals surface area contributed by atoms with Gasteiger partial charge in [0.2, 0.25) is 0 Å². The topological polar surface area (TPSA) is 65.2 Å². The molecule has 1 aliphatic carbocycles. The first-order chi connectivity index (χ1) is 12.1. The predicted molar refractivity (Wildman–Crippen MR) is 89.4 cm³/mol. The lowest BCUT2D eigenvalue weighted by Gasteiger charge is -2.09. The quantitative estimate of drug-likeness (QED) is 0.635. The number of ether oxygens (including phenoxy) is 1. The fourth-order valence-electron chi connectivity index (χ4n) is 2.74. The molecule has 1 fully saturated rings. The van der Waals surface area contributed by atoms with Crippen molar-refractivity contribution < 1.29 is 18.3 Å². The number of hydrogen-bond donors (Lipinski definition) is 0. The Kier molecular flexibility index (Phi) is 4.09. The number of halogens is 1. The number of rotatable bonds is 5. The molecular weight excluding hydrogens is 343 g/mol. The number of hydrogen-bond acceptors (Lipinski definition) is 6. The number of carbonyl (C=O) groups excluding carboxylic acids is 1. The summed E-state index contributed by atoms with van der Waals surface area (Å²) in [7, 11) is 0. The number of benzene rings is 1. The lowest BCUT2D eigenvalue weighted by Crippen LogP contribution is -2.11. The first kappa shape index (κ1) is 16.0. The van der Waals surface area contributed by atoms with Crippen LogP contribution in [0.4, 0.5) is 4.39 Å². The first-order valence-corrected chi connectivity index (χ1v) is 8.83. The molecule has 2 aromatic heterocycles. The van der Waals surface area contributed by atoms with Crippen molar-refractivity contribution in [3.63, 3.8) is 0 Å². The summed E-state index contributed by atoms with van der Waals surface area (Å²) in [5, 5.41) is 9.87. The highest BCUT2D eigenvalue weighted by Gasteiger charge is 2.46. The van der Waals surface area contributed by atoms with E-state index in [0.29, 0.717) is 12.3 Å². The summed E-state index contributed by atoms with van der Waals surface area (Å²) in [6.07, 6.45) is 0.102. The molecule has 2 heterocycles. The van der Waals surface area contributed by atoms with Gasteiger partial charge in [-0.05, 0) is 48.4 Å². The minimum absolute atomic E-state index is 0.0877. The second kappa shape index (κ2) is 6.40. The standard InChI is InChI=1S/C18H15FN2O3S/c1-10(16-20-21-17(24-16)15-3-2-8-25-15)23-18(22)14-9-13(14)11-4-6-12(19)7-5-11/h2-8,10,13-14H,9H2,1H3. The molecule has 0 aliphatic heterocycles. The van der Waals surface area contributed by atoms with Crippen molar-refractivity contribution in [1.82, 2.24) is 10.2 Å². The van der Waals surface area contributed by atoms with Crippen LogP contribution >= 0.6 is 11.3 Å². The van der Waals surface area contributed by atoms with E-state index in [1.807, 2.05) is 17.5 Å². The Balaban J connectivity index is 1.37. The molecule has 25 heavy (non-hydrogen) atoms. The Morgan fingerprint density at radius 3 is 2.84 bits per heavy atom. The van der Waals surface area contributed by atoms with Gasteiger partial charge in [0, 0.05) is 0 Å². The van der Waals surface area contributed by atoms with Crippen LogP contribution in [0.15, 0.2) is 46.2 Å². The van der Waals surface area contributed by atoms with Gasteiger partial charge < -0.3 is 9.15 Å². The minimum atomic E-state index is -0.608. The van der Waals surface area contributed by atoms with Gasteiger partial charge in [0.1, 0.15) is 5.82 Å². The molecule has 1 aromatic carbocycles. The summed E-state index contributed by atoms with van der Waals surface area (Å²) in [4.78, 5) is 13.2. The van der Waals surface area contributed by atoms with Crippen LogP contribution in [-0.4, -0.2) is 16.2 Å². The Hall–Kier alpha value is -2.54. The molecule has 0 spiro atoms. The second-order valence-corrected chi connectivity index (χ2v) is 6.95. The summed E-state index contributed by atoms with van der Waals surface area (Å²) in [6.45, 7) is 1.71. The van der Waals surface area contributed by atoms with Gasteiger partial charge in [0.15, 0.2) is 6.10 Å². The molecule has 1 aliphatic rings. The molecular formula is C18H15FN2O3S. The van der Waals surface area contributed by atoms with Gasteiger partial charge in [-0.25, -0.2) is 4.39 Å². The van der Waals surface area contributed by atoms with Crippen LogP contribution in [0, 0.1) is 11.7 Å². The maximum atomic E-state index is 13.0. The van der Waals surface area contributed by atoms with Crippen molar-refractivity contribution in [3.8, 4) is 10.8 Å². The Morgan fingerprint density at radius 1 is 1.32 bits per heavy atom. The molecule has 3 aromatic rings. The number of nitrogens with zero attached hydrogens (tertiary/aromatic N) is 2. The van der Waals surface area contributed by atoms with Gasteiger partial charge >= 0.3 is 5.97 Å². The number of thiophene rings is 1. The van der Waals surface area contributed by atoms with Gasteiger partial charge in [0.25, 0.3) is 11.8 Å². The fraction of sp³-hybridized carbons (Fsp3) is 0.278. The highest BCUT2D eigenvalue weighted by Crippen LogP contribution is 2.48. The Morgan fingerprint density at radius 2 is 2.12 bits per heavy atom. The molecule has 3 atom stereocenters. The molecule has 0 radical (unpaired) electrons. The number of carbonyl (C=O) groups is 1. The highest BCUT2D eigenvalue weighted by atomic mass is 32.1. The third-order valence-electron chi connectivity index (χ3n) is 4.20. The first-order valence-electron chi connectivity index (χ1n) is 7.95. The van der Waals surface area contributed by atoms with Gasteiger partial charge in [-0.2, -0.15) is 0 Å². The van der Waals surface area contributed by atoms with E-state index in [1.54, 1.807) is 19.1 Å². The Bertz CT molecular complexity index is 876. The molecule has 3 unspecified atom stereocenters. The van der Waals surface area contributed by atoms with Crippen molar-refractivity contribution in [3.05, 3.63) is 59.0 Å². The van der Waals surface area contributed by atoms with Crippen LogP contribution in [0.5, 0.6) is 0 Å². The summed E-state index contributed by atoms with van der Waals surface area (Å²) in [6, 6.07) is 10.0. The van der Waals surface area contributed by atoms with E-state index in [2.05, 4.69) is 10.2 Å². The van der Waals surface area contributed by atoms with Crippen LogP contribution in [0.25, 0.3) is 10.8 Å². The van der Waals surface area contributed by atoms with Gasteiger partial charge in [0.05, 0.1) is 10.8 Å². The zero-order chi connectivity index (χ0) is 17.4. The lowest BCUT2D eigenvalue weighted by molar-refractivity contribution is -0.151. The average molecular weight is 358 g/mol. The highest BCUT2D eigenvalue weighted by molar-refractivity contribution is 7.13. The van der Waals surface area contributed by atoms with Crippen LogP contribution in [-0.2, 0) is 9.53 Å². The van der Waals surface area contributed by atoms with Gasteiger partial charge in [-0.3, -0.25) is 4.79 Å². The minimum Gasteiger partial charge on any atom is -0.452 e. The van der Waals surface area contributed by atoms with E-state index in [-0.39, 0.29) is 29.5 Å². The summed E-state index contributed by atoms with van der Waals surface area (Å²) in [5.41, 5.74) is 0.953. The van der Waals surface area contributed by atoms with E-state index in [1.165, 1.54) is 23.5 Å². The molecule has 0 bridgehead atoms. The molecule has 5 nitrogen and oxygen atoms in total. The van der Waals surface area contributed by atoms with Gasteiger partial charge in [-0.15, -0.1) is 21.5 Å². The van der Waals surface area contributed by atoms with Gasteiger partial charge in [-0.1, -0.05) is 18.2 Å². The zero-order valence-electron chi connectivity index (χ0n) is 13.4. The molecule has 0 amide bonds. The summed E-state index contributed by atoms with van der Waals surface area (Å²) < 4.78 is 24.0. The van der Waals surface area contributed by atoms with E-state index in [0.717, 1.165) is 10.4 Å². The SMILES string of the molecule is CC(OC(=O)C1CC1c1ccc(F)cc1)c1nnc(-c2cccs2)o1. The maximum Gasteiger partial charge on any atom is 0.310 e. The van der Waals surface area contributed by atoms with E-state index < -0.39 is 6.10 Å². The zero-order valence-corrected chi connectivity index (χ0v) is 14.2. The third kappa shape index (κ3) is 3.32. The monoisotopic (exact) mass is 358 g/mol. The van der Waals surface area contributed by atoms with Crippen molar-refractivity contribution in [2.45, 2.75) is 25.4 Å². The van der Waals surface area contributed by atoms with E-state index in [9.17, 15) is 9.18 Å². The fourth-order valence-corrected chi connectivity index (χ4v) is 3.39. The lowest BCUT2D eigenvalue weighted by atomic mass is 10.1.